The van der Waals surface area contributed by atoms with Gasteiger partial charge in [0, 0.05) is 6.54 Å². The quantitative estimate of drug-likeness (QED) is 0.750. The molecule has 1 aliphatic rings. The summed E-state index contributed by atoms with van der Waals surface area (Å²) in [6, 6.07) is 2.62. The van der Waals surface area contributed by atoms with Crippen LogP contribution in [-0.2, 0) is 10.0 Å². The summed E-state index contributed by atoms with van der Waals surface area (Å²) in [4.78, 5) is 10.1. The van der Waals surface area contributed by atoms with Gasteiger partial charge in [-0.2, -0.15) is 0 Å². The van der Waals surface area contributed by atoms with Crippen LogP contribution in [0.15, 0.2) is 23.1 Å². The van der Waals surface area contributed by atoms with Crippen molar-refractivity contribution in [3.63, 3.8) is 0 Å². The topological polar surface area (TPSA) is 104 Å². The Bertz CT molecular complexity index is 646. The maximum atomic E-state index is 13.8. The van der Waals surface area contributed by atoms with Crippen LogP contribution in [0.5, 0.6) is 0 Å². The Labute approximate surface area is 121 Å². The van der Waals surface area contributed by atoms with Gasteiger partial charge in [-0.3, -0.25) is 0 Å². The van der Waals surface area contributed by atoms with Crippen molar-refractivity contribution in [2.45, 2.75) is 30.3 Å². The van der Waals surface area contributed by atoms with Gasteiger partial charge in [0.2, 0.25) is 10.0 Å². The molecule has 2 rings (SSSR count). The number of halogens is 1. The molecule has 21 heavy (non-hydrogen) atoms. The van der Waals surface area contributed by atoms with E-state index in [9.17, 15) is 22.7 Å². The number of aliphatic hydroxyl groups excluding tert-OH is 1. The lowest BCUT2D eigenvalue weighted by Gasteiger charge is -2.15. The van der Waals surface area contributed by atoms with Crippen molar-refractivity contribution in [2.24, 2.45) is 5.92 Å². The molecule has 8 heteroatoms. The molecule has 3 N–H and O–H groups in total. The highest BCUT2D eigenvalue weighted by Gasteiger charge is 2.28. The first-order valence-corrected chi connectivity index (χ1v) is 8.00. The van der Waals surface area contributed by atoms with E-state index in [0.717, 1.165) is 18.6 Å². The SMILES string of the molecule is O=C(O)c1ccc(S(=O)(=O)NCC2CCCC2O)c(F)c1. The molecule has 116 valence electrons. The van der Waals surface area contributed by atoms with Gasteiger partial charge in [-0.15, -0.1) is 0 Å². The second kappa shape index (κ2) is 6.08. The lowest BCUT2D eigenvalue weighted by Crippen LogP contribution is -2.33. The monoisotopic (exact) mass is 317 g/mol. The molecule has 0 bridgehead atoms. The van der Waals surface area contributed by atoms with E-state index < -0.39 is 32.8 Å². The van der Waals surface area contributed by atoms with E-state index in [0.29, 0.717) is 18.9 Å². The van der Waals surface area contributed by atoms with Crippen molar-refractivity contribution < 1.29 is 27.8 Å². The van der Waals surface area contributed by atoms with E-state index in [2.05, 4.69) is 4.72 Å². The summed E-state index contributed by atoms with van der Waals surface area (Å²) >= 11 is 0. The standard InChI is InChI=1S/C13H16FNO5S/c14-10-6-8(13(17)18)4-5-12(10)21(19,20)15-7-9-2-1-3-11(9)16/h4-6,9,11,15-16H,1-3,7H2,(H,17,18). The van der Waals surface area contributed by atoms with Crippen LogP contribution in [0.4, 0.5) is 4.39 Å². The predicted octanol–water partition coefficient (Wildman–Crippen LogP) is 0.963. The molecule has 0 aliphatic heterocycles. The first kappa shape index (κ1) is 15.9. The van der Waals surface area contributed by atoms with E-state index >= 15 is 0 Å². The van der Waals surface area contributed by atoms with E-state index in [1.165, 1.54) is 0 Å². The fraction of sp³-hybridized carbons (Fsp3) is 0.462. The molecule has 1 saturated carbocycles. The zero-order valence-electron chi connectivity index (χ0n) is 11.1. The summed E-state index contributed by atoms with van der Waals surface area (Å²) in [6.07, 6.45) is 1.62. The number of aromatic carboxylic acids is 1. The molecule has 0 heterocycles. The Morgan fingerprint density at radius 1 is 1.38 bits per heavy atom. The number of nitrogens with one attached hydrogen (secondary N) is 1. The van der Waals surface area contributed by atoms with Gasteiger partial charge in [-0.05, 0) is 37.0 Å². The predicted molar refractivity (Wildman–Crippen MR) is 71.9 cm³/mol. The van der Waals surface area contributed by atoms with Crippen molar-refractivity contribution in [1.82, 2.24) is 4.72 Å². The molecule has 0 spiro atoms. The Hall–Kier alpha value is -1.51. The normalized spacial score (nSPS) is 22.4. The third-order valence-corrected chi connectivity index (χ3v) is 5.08. The molecule has 1 aromatic carbocycles. The molecule has 2 atom stereocenters. The number of aliphatic hydroxyl groups is 1. The second-order valence-corrected chi connectivity index (χ2v) is 6.80. The highest BCUT2D eigenvalue weighted by atomic mass is 32.2. The molecule has 1 fully saturated rings. The third-order valence-electron chi connectivity index (χ3n) is 3.62. The number of hydrogen-bond acceptors (Lipinski definition) is 4. The summed E-state index contributed by atoms with van der Waals surface area (Å²) in [6.45, 7) is 0.0314. The lowest BCUT2D eigenvalue weighted by molar-refractivity contribution is 0.0696. The number of hydrogen-bond donors (Lipinski definition) is 3. The van der Waals surface area contributed by atoms with Crippen LogP contribution in [0.1, 0.15) is 29.6 Å². The van der Waals surface area contributed by atoms with Crippen LogP contribution >= 0.6 is 0 Å². The van der Waals surface area contributed by atoms with Crippen molar-refractivity contribution >= 4 is 16.0 Å². The van der Waals surface area contributed by atoms with Gasteiger partial charge in [-0.25, -0.2) is 22.3 Å². The minimum absolute atomic E-state index is 0.0314. The van der Waals surface area contributed by atoms with E-state index in [-0.39, 0.29) is 18.0 Å². The van der Waals surface area contributed by atoms with Crippen molar-refractivity contribution in [3.05, 3.63) is 29.6 Å². The zero-order valence-corrected chi connectivity index (χ0v) is 11.9. The fourth-order valence-corrected chi connectivity index (χ4v) is 3.55. The van der Waals surface area contributed by atoms with Crippen LogP contribution in [-0.4, -0.2) is 37.2 Å². The Morgan fingerprint density at radius 3 is 2.62 bits per heavy atom. The van der Waals surface area contributed by atoms with Crippen LogP contribution < -0.4 is 4.72 Å². The largest absolute Gasteiger partial charge is 0.478 e. The molecule has 0 aromatic heterocycles. The van der Waals surface area contributed by atoms with Gasteiger partial charge >= 0.3 is 5.97 Å². The minimum atomic E-state index is -4.07. The Morgan fingerprint density at radius 2 is 2.10 bits per heavy atom. The number of benzene rings is 1. The minimum Gasteiger partial charge on any atom is -0.478 e. The molecule has 0 amide bonds. The summed E-state index contributed by atoms with van der Waals surface area (Å²) in [5.74, 6) is -2.63. The first-order valence-electron chi connectivity index (χ1n) is 6.52. The van der Waals surface area contributed by atoms with E-state index in [1.807, 2.05) is 0 Å². The summed E-state index contributed by atoms with van der Waals surface area (Å²) in [7, 11) is -4.07. The van der Waals surface area contributed by atoms with Crippen molar-refractivity contribution in [2.75, 3.05) is 6.54 Å². The van der Waals surface area contributed by atoms with E-state index in [4.69, 9.17) is 5.11 Å². The van der Waals surface area contributed by atoms with Crippen LogP contribution in [0.25, 0.3) is 0 Å². The average molecular weight is 317 g/mol. The molecule has 0 saturated heterocycles. The van der Waals surface area contributed by atoms with Gasteiger partial charge in [0.25, 0.3) is 0 Å². The van der Waals surface area contributed by atoms with Crippen molar-refractivity contribution in [3.8, 4) is 0 Å². The van der Waals surface area contributed by atoms with Gasteiger partial charge in [-0.1, -0.05) is 6.42 Å². The molecule has 0 radical (unpaired) electrons. The van der Waals surface area contributed by atoms with Crippen molar-refractivity contribution in [1.29, 1.82) is 0 Å². The Kier molecular flexibility index (Phi) is 4.60. The molecule has 1 aromatic rings. The number of sulfonamides is 1. The summed E-state index contributed by atoms with van der Waals surface area (Å²) < 4.78 is 40.0. The summed E-state index contributed by atoms with van der Waals surface area (Å²) in [5.41, 5.74) is -0.322. The van der Waals surface area contributed by atoms with Crippen LogP contribution in [0, 0.1) is 11.7 Å². The molecule has 1 aliphatic carbocycles. The van der Waals surface area contributed by atoms with Crippen LogP contribution in [0.3, 0.4) is 0 Å². The number of carbonyl (C=O) groups is 1. The van der Waals surface area contributed by atoms with Gasteiger partial charge < -0.3 is 10.2 Å². The van der Waals surface area contributed by atoms with E-state index in [1.54, 1.807) is 0 Å². The van der Waals surface area contributed by atoms with Gasteiger partial charge in [0.05, 0.1) is 11.7 Å². The lowest BCUT2D eigenvalue weighted by atomic mass is 10.1. The second-order valence-electron chi connectivity index (χ2n) is 5.06. The smallest absolute Gasteiger partial charge is 0.335 e. The zero-order chi connectivity index (χ0) is 15.6. The number of carboxylic acids is 1. The van der Waals surface area contributed by atoms with Crippen LogP contribution in [0.2, 0.25) is 0 Å². The first-order chi connectivity index (χ1) is 9.81. The molecule has 6 nitrogen and oxygen atoms in total. The van der Waals surface area contributed by atoms with Gasteiger partial charge in [0.1, 0.15) is 10.7 Å². The third kappa shape index (κ3) is 3.58. The average Bonchev–Trinajstić information content (AvgIpc) is 2.81. The summed E-state index contributed by atoms with van der Waals surface area (Å²) in [5, 5.41) is 18.4. The molecule has 2 unspecified atom stereocenters. The number of rotatable bonds is 5. The highest BCUT2D eigenvalue weighted by Crippen LogP contribution is 2.25. The highest BCUT2D eigenvalue weighted by molar-refractivity contribution is 7.89. The maximum absolute atomic E-state index is 13.8. The van der Waals surface area contributed by atoms with Gasteiger partial charge in [0.15, 0.2) is 0 Å². The number of carboxylic acid groups (broad SMARTS) is 1. The molecular weight excluding hydrogens is 301 g/mol. The Balaban J connectivity index is 2.14. The maximum Gasteiger partial charge on any atom is 0.335 e. The fourth-order valence-electron chi connectivity index (χ4n) is 2.40. The molecular formula is C13H16FNO5S.